The van der Waals surface area contributed by atoms with Crippen LogP contribution in [-0.4, -0.2) is 40.0 Å². The zero-order chi connectivity index (χ0) is 13.1. The van der Waals surface area contributed by atoms with Crippen LogP contribution in [0, 0.1) is 0 Å². The number of nitrogens with one attached hydrogen (secondary N) is 1. The van der Waals surface area contributed by atoms with Crippen LogP contribution in [0.15, 0.2) is 29.2 Å². The van der Waals surface area contributed by atoms with Gasteiger partial charge in [-0.25, -0.2) is 8.42 Å². The van der Waals surface area contributed by atoms with Crippen LogP contribution in [0.5, 0.6) is 0 Å². The van der Waals surface area contributed by atoms with Gasteiger partial charge in [-0.2, -0.15) is 0 Å². The van der Waals surface area contributed by atoms with Crippen LogP contribution in [-0.2, 0) is 14.9 Å². The smallest absolute Gasteiger partial charge is 0.264 e. The predicted molar refractivity (Wildman–Crippen MR) is 61.8 cm³/mol. The van der Waals surface area contributed by atoms with Crippen LogP contribution in [0.4, 0.5) is 0 Å². The fourth-order valence-corrected chi connectivity index (χ4v) is 2.14. The third-order valence-corrected chi connectivity index (χ3v) is 3.93. The second kappa shape index (κ2) is 5.26. The van der Waals surface area contributed by atoms with Crippen molar-refractivity contribution in [2.45, 2.75) is 4.90 Å². The SMILES string of the molecule is CNC(=O)c1ccc(S(=O)(=O)N(C)OC)cc1. The Morgan fingerprint density at radius 2 is 1.82 bits per heavy atom. The molecule has 94 valence electrons. The highest BCUT2D eigenvalue weighted by molar-refractivity contribution is 7.89. The molecule has 7 heteroatoms. The molecule has 0 atom stereocenters. The predicted octanol–water partition coefficient (Wildman–Crippen LogP) is 0.228. The first-order chi connectivity index (χ1) is 7.93. The molecule has 0 heterocycles. The summed E-state index contributed by atoms with van der Waals surface area (Å²) in [4.78, 5) is 16.0. The summed E-state index contributed by atoms with van der Waals surface area (Å²) in [5, 5.41) is 2.45. The molecule has 0 saturated heterocycles. The van der Waals surface area contributed by atoms with Crippen molar-refractivity contribution in [2.24, 2.45) is 0 Å². The quantitative estimate of drug-likeness (QED) is 0.784. The minimum absolute atomic E-state index is 0.0644. The van der Waals surface area contributed by atoms with Crippen LogP contribution in [0.1, 0.15) is 10.4 Å². The van der Waals surface area contributed by atoms with E-state index >= 15 is 0 Å². The van der Waals surface area contributed by atoms with Gasteiger partial charge in [0.1, 0.15) is 0 Å². The van der Waals surface area contributed by atoms with Crippen LogP contribution in [0.3, 0.4) is 0 Å². The molecule has 17 heavy (non-hydrogen) atoms. The molecule has 0 fully saturated rings. The summed E-state index contributed by atoms with van der Waals surface area (Å²) in [7, 11) is 0.401. The lowest BCUT2D eigenvalue weighted by Crippen LogP contribution is -2.25. The lowest BCUT2D eigenvalue weighted by molar-refractivity contribution is -0.0258. The lowest BCUT2D eigenvalue weighted by Gasteiger charge is -2.14. The topological polar surface area (TPSA) is 75.7 Å². The molecular formula is C10H14N2O4S. The highest BCUT2D eigenvalue weighted by atomic mass is 32.2. The summed E-state index contributed by atoms with van der Waals surface area (Å²) in [5.41, 5.74) is 0.395. The molecule has 0 aliphatic carbocycles. The third kappa shape index (κ3) is 2.82. The highest BCUT2D eigenvalue weighted by Crippen LogP contribution is 2.14. The molecule has 1 aromatic carbocycles. The normalized spacial score (nSPS) is 11.5. The molecule has 1 aromatic rings. The lowest BCUT2D eigenvalue weighted by atomic mass is 10.2. The van der Waals surface area contributed by atoms with Crippen LogP contribution < -0.4 is 5.32 Å². The first kappa shape index (κ1) is 13.6. The summed E-state index contributed by atoms with van der Waals surface area (Å²) in [5.74, 6) is -0.269. The van der Waals surface area contributed by atoms with Gasteiger partial charge >= 0.3 is 0 Å². The van der Waals surface area contributed by atoms with Crippen molar-refractivity contribution in [3.05, 3.63) is 29.8 Å². The molecule has 6 nitrogen and oxygen atoms in total. The van der Waals surface area contributed by atoms with E-state index in [1.165, 1.54) is 45.5 Å². The van der Waals surface area contributed by atoms with Crippen molar-refractivity contribution in [1.82, 2.24) is 9.79 Å². The molecule has 1 amide bonds. The van der Waals surface area contributed by atoms with E-state index in [0.717, 1.165) is 4.47 Å². The Labute approximate surface area is 100 Å². The number of carbonyl (C=O) groups is 1. The highest BCUT2D eigenvalue weighted by Gasteiger charge is 2.20. The van der Waals surface area contributed by atoms with Crippen molar-refractivity contribution < 1.29 is 18.0 Å². The zero-order valence-electron chi connectivity index (χ0n) is 9.80. The standard InChI is InChI=1S/C10H14N2O4S/c1-11-10(13)8-4-6-9(7-5-8)17(14,15)12(2)16-3/h4-7H,1-3H3,(H,11,13). The van der Waals surface area contributed by atoms with Gasteiger partial charge in [-0.05, 0) is 24.3 Å². The van der Waals surface area contributed by atoms with Gasteiger partial charge in [0.2, 0.25) is 0 Å². The maximum atomic E-state index is 11.8. The Balaban J connectivity index is 3.07. The van der Waals surface area contributed by atoms with E-state index in [1.807, 2.05) is 0 Å². The second-order valence-electron chi connectivity index (χ2n) is 3.20. The van der Waals surface area contributed by atoms with E-state index in [0.29, 0.717) is 5.56 Å². The van der Waals surface area contributed by atoms with Gasteiger partial charge in [0.15, 0.2) is 0 Å². The first-order valence-electron chi connectivity index (χ1n) is 4.78. The van der Waals surface area contributed by atoms with Crippen molar-refractivity contribution in [2.75, 3.05) is 21.2 Å². The monoisotopic (exact) mass is 258 g/mol. The van der Waals surface area contributed by atoms with Gasteiger partial charge in [0.05, 0.1) is 12.0 Å². The molecule has 0 saturated carbocycles. The zero-order valence-corrected chi connectivity index (χ0v) is 10.6. The minimum atomic E-state index is -3.66. The van der Waals surface area contributed by atoms with Crippen molar-refractivity contribution in [3.8, 4) is 0 Å². The Morgan fingerprint density at radius 1 is 1.29 bits per heavy atom. The summed E-state index contributed by atoms with van der Waals surface area (Å²) in [6.07, 6.45) is 0. The minimum Gasteiger partial charge on any atom is -0.355 e. The number of rotatable bonds is 4. The Hall–Kier alpha value is -1.44. The largest absolute Gasteiger partial charge is 0.355 e. The van der Waals surface area contributed by atoms with Crippen LogP contribution in [0.2, 0.25) is 0 Å². The molecule has 0 bridgehead atoms. The maximum Gasteiger partial charge on any atom is 0.264 e. The van der Waals surface area contributed by atoms with E-state index in [-0.39, 0.29) is 10.8 Å². The van der Waals surface area contributed by atoms with Gasteiger partial charge in [-0.1, -0.05) is 4.47 Å². The van der Waals surface area contributed by atoms with Crippen LogP contribution >= 0.6 is 0 Å². The average molecular weight is 258 g/mol. The number of carbonyl (C=O) groups excluding carboxylic acids is 1. The molecule has 1 N–H and O–H groups in total. The summed E-state index contributed by atoms with van der Waals surface area (Å²) in [6, 6.07) is 5.59. The summed E-state index contributed by atoms with van der Waals surface area (Å²) >= 11 is 0. The van der Waals surface area contributed by atoms with Crippen molar-refractivity contribution in [3.63, 3.8) is 0 Å². The Morgan fingerprint density at radius 3 is 2.24 bits per heavy atom. The molecule has 0 aliphatic rings. The Kier molecular flexibility index (Phi) is 4.22. The molecule has 0 unspecified atom stereocenters. The molecule has 0 spiro atoms. The number of hydroxylamine groups is 1. The molecule has 0 radical (unpaired) electrons. The number of amides is 1. The van der Waals surface area contributed by atoms with E-state index < -0.39 is 10.0 Å². The molecule has 0 aromatic heterocycles. The number of hydrogen-bond acceptors (Lipinski definition) is 4. The summed E-state index contributed by atoms with van der Waals surface area (Å²) in [6.45, 7) is 0. The number of hydrogen-bond donors (Lipinski definition) is 1. The number of sulfonamides is 1. The van der Waals surface area contributed by atoms with E-state index in [4.69, 9.17) is 0 Å². The van der Waals surface area contributed by atoms with Gasteiger partial charge in [0.25, 0.3) is 15.9 Å². The van der Waals surface area contributed by atoms with Crippen LogP contribution in [0.25, 0.3) is 0 Å². The molecular weight excluding hydrogens is 244 g/mol. The fraction of sp³-hybridized carbons (Fsp3) is 0.300. The molecule has 1 rings (SSSR count). The average Bonchev–Trinajstić information content (AvgIpc) is 2.36. The van der Waals surface area contributed by atoms with E-state index in [9.17, 15) is 13.2 Å². The fourth-order valence-electron chi connectivity index (χ4n) is 1.17. The Bertz CT molecular complexity index is 496. The molecule has 0 aliphatic heterocycles. The van der Waals surface area contributed by atoms with Crippen molar-refractivity contribution >= 4 is 15.9 Å². The van der Waals surface area contributed by atoms with Gasteiger partial charge < -0.3 is 5.32 Å². The van der Waals surface area contributed by atoms with Crippen molar-refractivity contribution in [1.29, 1.82) is 0 Å². The maximum absolute atomic E-state index is 11.8. The van der Waals surface area contributed by atoms with Gasteiger partial charge in [-0.15, -0.1) is 0 Å². The van der Waals surface area contributed by atoms with Gasteiger partial charge in [0, 0.05) is 19.7 Å². The first-order valence-corrected chi connectivity index (χ1v) is 6.22. The van der Waals surface area contributed by atoms with E-state index in [2.05, 4.69) is 10.2 Å². The number of benzene rings is 1. The van der Waals surface area contributed by atoms with E-state index in [1.54, 1.807) is 0 Å². The number of nitrogens with zero attached hydrogens (tertiary/aromatic N) is 1. The van der Waals surface area contributed by atoms with Gasteiger partial charge in [-0.3, -0.25) is 9.63 Å². The summed E-state index contributed by atoms with van der Waals surface area (Å²) < 4.78 is 24.4. The third-order valence-electron chi connectivity index (χ3n) is 2.24. The second-order valence-corrected chi connectivity index (χ2v) is 5.14.